The molecule has 2 N–H and O–H groups in total. The Morgan fingerprint density at radius 3 is 2.50 bits per heavy atom. The number of aliphatic hydroxyl groups is 1. The van der Waals surface area contributed by atoms with Gasteiger partial charge in [0.05, 0.1) is 18.8 Å². The Labute approximate surface area is 62.4 Å². The molecule has 3 nitrogen and oxygen atoms in total. The van der Waals surface area contributed by atoms with Crippen LogP contribution in [0.2, 0.25) is 0 Å². The minimum absolute atomic E-state index is 0.200. The third-order valence-corrected chi connectivity index (χ3v) is 1.06. The van der Waals surface area contributed by atoms with Crippen LogP contribution in [0, 0.1) is 0 Å². The van der Waals surface area contributed by atoms with E-state index in [-0.39, 0.29) is 12.2 Å². The van der Waals surface area contributed by atoms with E-state index in [1.165, 1.54) is 0 Å². The van der Waals surface area contributed by atoms with E-state index in [2.05, 4.69) is 5.32 Å². The minimum atomic E-state index is -0.382. The average Bonchev–Trinajstić information content (AvgIpc) is 1.85. The molecule has 0 amide bonds. The van der Waals surface area contributed by atoms with E-state index in [9.17, 15) is 0 Å². The van der Waals surface area contributed by atoms with Crippen LogP contribution in [0.5, 0.6) is 0 Å². The van der Waals surface area contributed by atoms with Crippen LogP contribution in [0.25, 0.3) is 0 Å². The van der Waals surface area contributed by atoms with Crippen LogP contribution >= 0.6 is 0 Å². The number of hydrogen-bond donors (Lipinski definition) is 2. The number of likely N-dealkylation sites (N-methyl/N-ethyl adjacent to an activating group) is 1. The van der Waals surface area contributed by atoms with Gasteiger partial charge < -0.3 is 15.2 Å². The Bertz CT molecular complexity index is 76.0. The molecule has 0 heterocycles. The SMILES string of the molecule is CNC[C@@H](O)COC(C)C. The molecule has 0 saturated heterocycles. The van der Waals surface area contributed by atoms with E-state index < -0.39 is 0 Å². The van der Waals surface area contributed by atoms with Gasteiger partial charge in [-0.2, -0.15) is 0 Å². The molecule has 0 spiro atoms. The summed E-state index contributed by atoms with van der Waals surface area (Å²) in [7, 11) is 1.80. The van der Waals surface area contributed by atoms with Gasteiger partial charge in [-0.3, -0.25) is 0 Å². The Balaban J connectivity index is 3.12. The first-order valence-electron chi connectivity index (χ1n) is 3.61. The van der Waals surface area contributed by atoms with Crippen molar-refractivity contribution in [2.75, 3.05) is 20.2 Å². The summed E-state index contributed by atoms with van der Waals surface area (Å²) in [4.78, 5) is 0. The average molecular weight is 147 g/mol. The van der Waals surface area contributed by atoms with Gasteiger partial charge in [0.2, 0.25) is 0 Å². The van der Waals surface area contributed by atoms with Gasteiger partial charge in [0.15, 0.2) is 0 Å². The Morgan fingerprint density at radius 2 is 2.10 bits per heavy atom. The Morgan fingerprint density at radius 1 is 1.50 bits per heavy atom. The van der Waals surface area contributed by atoms with Crippen LogP contribution in [0.4, 0.5) is 0 Å². The third kappa shape index (κ3) is 6.01. The largest absolute Gasteiger partial charge is 0.389 e. The lowest BCUT2D eigenvalue weighted by Crippen LogP contribution is -2.28. The van der Waals surface area contributed by atoms with Gasteiger partial charge >= 0.3 is 0 Å². The lowest BCUT2D eigenvalue weighted by atomic mass is 10.4. The molecule has 0 aromatic heterocycles. The lowest BCUT2D eigenvalue weighted by Gasteiger charge is -2.12. The van der Waals surface area contributed by atoms with Crippen LogP contribution in [-0.2, 0) is 4.74 Å². The summed E-state index contributed by atoms with van der Waals surface area (Å²) in [5, 5.41) is 12.0. The highest BCUT2D eigenvalue weighted by atomic mass is 16.5. The van der Waals surface area contributed by atoms with Gasteiger partial charge in [0, 0.05) is 6.54 Å². The molecule has 1 atom stereocenters. The maximum atomic E-state index is 9.11. The predicted molar refractivity (Wildman–Crippen MR) is 41.0 cm³/mol. The second-order valence-corrected chi connectivity index (χ2v) is 2.59. The van der Waals surface area contributed by atoms with Crippen LogP contribution in [-0.4, -0.2) is 37.5 Å². The van der Waals surface area contributed by atoms with E-state index in [0.29, 0.717) is 13.2 Å². The summed E-state index contributed by atoms with van der Waals surface area (Å²) in [6.45, 7) is 4.91. The molecule has 0 radical (unpaired) electrons. The van der Waals surface area contributed by atoms with Gasteiger partial charge in [-0.05, 0) is 20.9 Å². The molecule has 0 aromatic carbocycles. The maximum absolute atomic E-state index is 9.11. The molecular formula is C7H17NO2. The first-order valence-corrected chi connectivity index (χ1v) is 3.61. The molecule has 0 aliphatic heterocycles. The molecule has 0 unspecified atom stereocenters. The maximum Gasteiger partial charge on any atom is 0.0897 e. The molecule has 0 fully saturated rings. The van der Waals surface area contributed by atoms with E-state index in [4.69, 9.17) is 9.84 Å². The molecular weight excluding hydrogens is 130 g/mol. The van der Waals surface area contributed by atoms with Gasteiger partial charge in [0.25, 0.3) is 0 Å². The smallest absolute Gasteiger partial charge is 0.0897 e. The number of hydrogen-bond acceptors (Lipinski definition) is 3. The topological polar surface area (TPSA) is 41.5 Å². The fourth-order valence-corrected chi connectivity index (χ4v) is 0.598. The van der Waals surface area contributed by atoms with Crippen molar-refractivity contribution in [1.82, 2.24) is 5.32 Å². The quantitative estimate of drug-likeness (QED) is 0.575. The van der Waals surface area contributed by atoms with Crippen molar-refractivity contribution in [1.29, 1.82) is 0 Å². The van der Waals surface area contributed by atoms with Gasteiger partial charge in [-0.1, -0.05) is 0 Å². The highest BCUT2D eigenvalue weighted by molar-refractivity contribution is 4.55. The molecule has 62 valence electrons. The lowest BCUT2D eigenvalue weighted by molar-refractivity contribution is 0.00709. The molecule has 0 rings (SSSR count). The van der Waals surface area contributed by atoms with Gasteiger partial charge in [-0.25, -0.2) is 0 Å². The van der Waals surface area contributed by atoms with E-state index in [1.807, 2.05) is 13.8 Å². The summed E-state index contributed by atoms with van der Waals surface area (Å²) in [5.74, 6) is 0. The first-order chi connectivity index (χ1) is 4.66. The van der Waals surface area contributed by atoms with Crippen molar-refractivity contribution < 1.29 is 9.84 Å². The highest BCUT2D eigenvalue weighted by Crippen LogP contribution is 1.89. The molecule has 0 aliphatic rings. The number of ether oxygens (including phenoxy) is 1. The normalized spacial score (nSPS) is 14.1. The second-order valence-electron chi connectivity index (χ2n) is 2.59. The van der Waals surface area contributed by atoms with E-state index >= 15 is 0 Å². The van der Waals surface area contributed by atoms with Crippen molar-refractivity contribution >= 4 is 0 Å². The van der Waals surface area contributed by atoms with Crippen LogP contribution < -0.4 is 5.32 Å². The van der Waals surface area contributed by atoms with Crippen molar-refractivity contribution in [3.63, 3.8) is 0 Å². The molecule has 0 aliphatic carbocycles. The van der Waals surface area contributed by atoms with Gasteiger partial charge in [-0.15, -0.1) is 0 Å². The summed E-state index contributed by atoms with van der Waals surface area (Å²) < 4.78 is 5.17. The molecule has 10 heavy (non-hydrogen) atoms. The van der Waals surface area contributed by atoms with E-state index in [1.54, 1.807) is 7.05 Å². The predicted octanol–water partition coefficient (Wildman–Crippen LogP) is -0.00830. The fraction of sp³-hybridized carbons (Fsp3) is 1.00. The van der Waals surface area contributed by atoms with Crippen molar-refractivity contribution in [2.45, 2.75) is 26.1 Å². The monoisotopic (exact) mass is 147 g/mol. The summed E-state index contributed by atoms with van der Waals surface area (Å²) in [6.07, 6.45) is -0.182. The standard InChI is InChI=1S/C7H17NO2/c1-6(2)10-5-7(9)4-8-3/h6-9H,4-5H2,1-3H3/t7-/m1/s1. The second kappa shape index (κ2) is 5.65. The fourth-order valence-electron chi connectivity index (χ4n) is 0.598. The number of rotatable bonds is 5. The van der Waals surface area contributed by atoms with Crippen molar-refractivity contribution in [2.24, 2.45) is 0 Å². The highest BCUT2D eigenvalue weighted by Gasteiger charge is 2.02. The number of aliphatic hydroxyl groups excluding tert-OH is 1. The zero-order valence-electron chi connectivity index (χ0n) is 6.92. The van der Waals surface area contributed by atoms with Crippen molar-refractivity contribution in [3.8, 4) is 0 Å². The summed E-state index contributed by atoms with van der Waals surface area (Å²) in [5.41, 5.74) is 0. The van der Waals surface area contributed by atoms with Crippen molar-refractivity contribution in [3.05, 3.63) is 0 Å². The molecule has 0 bridgehead atoms. The number of nitrogens with one attached hydrogen (secondary N) is 1. The first kappa shape index (κ1) is 9.88. The third-order valence-electron chi connectivity index (χ3n) is 1.06. The van der Waals surface area contributed by atoms with Crippen LogP contribution in [0.1, 0.15) is 13.8 Å². The minimum Gasteiger partial charge on any atom is -0.389 e. The summed E-state index contributed by atoms with van der Waals surface area (Å²) >= 11 is 0. The Hall–Kier alpha value is -0.120. The van der Waals surface area contributed by atoms with Gasteiger partial charge in [0.1, 0.15) is 0 Å². The van der Waals surface area contributed by atoms with Crippen LogP contribution in [0.3, 0.4) is 0 Å². The summed E-state index contributed by atoms with van der Waals surface area (Å²) in [6, 6.07) is 0. The Kier molecular flexibility index (Phi) is 5.58. The van der Waals surface area contributed by atoms with Crippen LogP contribution in [0.15, 0.2) is 0 Å². The molecule has 3 heteroatoms. The molecule has 0 saturated carbocycles. The zero-order valence-corrected chi connectivity index (χ0v) is 6.92. The molecule has 0 aromatic rings. The van der Waals surface area contributed by atoms with E-state index in [0.717, 1.165) is 0 Å². The zero-order chi connectivity index (χ0) is 7.98.